The molecule has 0 amide bonds. The quantitative estimate of drug-likeness (QED) is 0.411. The van der Waals surface area contributed by atoms with Crippen molar-refractivity contribution in [1.82, 2.24) is 4.98 Å². The smallest absolute Gasteiger partial charge is 0.0715 e. The Bertz CT molecular complexity index is 961. The van der Waals surface area contributed by atoms with Crippen LogP contribution in [0.1, 0.15) is 11.1 Å². The second-order valence-corrected chi connectivity index (χ2v) is 5.56. The van der Waals surface area contributed by atoms with E-state index in [4.69, 9.17) is 10.7 Å². The minimum atomic E-state index is 0.780. The monoisotopic (exact) mass is 296 g/mol. The predicted molar refractivity (Wildman–Crippen MR) is 99.0 cm³/mol. The van der Waals surface area contributed by atoms with Crippen LogP contribution in [-0.4, -0.2) is 4.98 Å². The average Bonchev–Trinajstić information content (AvgIpc) is 2.60. The van der Waals surface area contributed by atoms with Crippen molar-refractivity contribution in [2.75, 3.05) is 5.73 Å². The molecule has 110 valence electrons. The number of nitrogen functional groups attached to an aromatic ring is 1. The van der Waals surface area contributed by atoms with Crippen LogP contribution in [0.15, 0.2) is 72.8 Å². The SMILES string of the molecule is Nc1ccc(/C=C/c2c3ccccc3nc3ccccc23)cc1. The van der Waals surface area contributed by atoms with Gasteiger partial charge < -0.3 is 5.73 Å². The molecule has 23 heavy (non-hydrogen) atoms. The highest BCUT2D eigenvalue weighted by Gasteiger charge is 2.05. The third-order valence-corrected chi connectivity index (χ3v) is 4.01. The Kier molecular flexibility index (Phi) is 3.28. The Hall–Kier alpha value is -3.13. The van der Waals surface area contributed by atoms with Crippen LogP contribution in [0, 0.1) is 0 Å². The van der Waals surface area contributed by atoms with Crippen LogP contribution >= 0.6 is 0 Å². The summed E-state index contributed by atoms with van der Waals surface area (Å²) in [7, 11) is 0. The maximum Gasteiger partial charge on any atom is 0.0715 e. The summed E-state index contributed by atoms with van der Waals surface area (Å²) in [6.45, 7) is 0. The molecule has 0 aliphatic heterocycles. The van der Waals surface area contributed by atoms with Gasteiger partial charge in [0.05, 0.1) is 11.0 Å². The van der Waals surface area contributed by atoms with Crippen molar-refractivity contribution in [1.29, 1.82) is 0 Å². The number of hydrogen-bond donors (Lipinski definition) is 1. The number of para-hydroxylation sites is 2. The molecule has 0 aliphatic carbocycles. The van der Waals surface area contributed by atoms with Crippen LogP contribution < -0.4 is 5.73 Å². The minimum absolute atomic E-state index is 0.780. The molecule has 0 bridgehead atoms. The van der Waals surface area contributed by atoms with Crippen LogP contribution in [0.3, 0.4) is 0 Å². The lowest BCUT2D eigenvalue weighted by atomic mass is 10.0. The number of fused-ring (bicyclic) bond motifs is 2. The first-order valence-electron chi connectivity index (χ1n) is 7.62. The van der Waals surface area contributed by atoms with Crippen LogP contribution in [0.4, 0.5) is 5.69 Å². The number of benzene rings is 3. The summed E-state index contributed by atoms with van der Waals surface area (Å²) in [6.07, 6.45) is 4.28. The topological polar surface area (TPSA) is 38.9 Å². The van der Waals surface area contributed by atoms with E-state index in [2.05, 4.69) is 48.6 Å². The fraction of sp³-hybridized carbons (Fsp3) is 0. The van der Waals surface area contributed by atoms with Crippen molar-refractivity contribution in [3.63, 3.8) is 0 Å². The van der Waals surface area contributed by atoms with Gasteiger partial charge in [-0.05, 0) is 35.4 Å². The van der Waals surface area contributed by atoms with Gasteiger partial charge in [-0.1, -0.05) is 60.7 Å². The number of nitrogens with two attached hydrogens (primary N) is 1. The van der Waals surface area contributed by atoms with Gasteiger partial charge in [0.1, 0.15) is 0 Å². The Labute approximate surface area is 134 Å². The van der Waals surface area contributed by atoms with Gasteiger partial charge in [0, 0.05) is 16.5 Å². The number of anilines is 1. The standard InChI is InChI=1S/C21H16N2/c22-16-12-9-15(10-13-16)11-14-17-18-5-1-3-7-20(18)23-21-8-4-2-6-19(17)21/h1-14H,22H2/b14-11+. The molecule has 2 heteroatoms. The van der Waals surface area contributed by atoms with Gasteiger partial charge in [0.25, 0.3) is 0 Å². The maximum atomic E-state index is 5.75. The molecule has 1 aromatic heterocycles. The Morgan fingerprint density at radius 2 is 1.22 bits per heavy atom. The lowest BCUT2D eigenvalue weighted by Gasteiger charge is -2.07. The van der Waals surface area contributed by atoms with E-state index >= 15 is 0 Å². The molecule has 1 heterocycles. The summed E-state index contributed by atoms with van der Waals surface area (Å²) in [5, 5.41) is 2.33. The first kappa shape index (κ1) is 13.5. The largest absolute Gasteiger partial charge is 0.399 e. The molecule has 0 spiro atoms. The molecular formula is C21H16N2. The Balaban J connectivity index is 1.93. The zero-order valence-electron chi connectivity index (χ0n) is 12.6. The van der Waals surface area contributed by atoms with E-state index in [1.54, 1.807) is 0 Å². The van der Waals surface area contributed by atoms with Crippen LogP contribution in [0.25, 0.3) is 34.0 Å². The van der Waals surface area contributed by atoms with Gasteiger partial charge in [-0.25, -0.2) is 4.98 Å². The van der Waals surface area contributed by atoms with Crippen LogP contribution in [0.5, 0.6) is 0 Å². The van der Waals surface area contributed by atoms with Gasteiger partial charge in [-0.15, -0.1) is 0 Å². The molecule has 3 aromatic carbocycles. The molecule has 0 atom stereocenters. The molecular weight excluding hydrogens is 280 g/mol. The molecule has 4 rings (SSSR count). The molecule has 0 radical (unpaired) electrons. The summed E-state index contributed by atoms with van der Waals surface area (Å²) in [5.41, 5.74) is 10.9. The number of nitrogens with zero attached hydrogens (tertiary/aromatic N) is 1. The number of aromatic nitrogens is 1. The van der Waals surface area contributed by atoms with E-state index in [9.17, 15) is 0 Å². The van der Waals surface area contributed by atoms with Gasteiger partial charge >= 0.3 is 0 Å². The van der Waals surface area contributed by atoms with E-state index in [1.165, 1.54) is 5.56 Å². The second-order valence-electron chi connectivity index (χ2n) is 5.56. The van der Waals surface area contributed by atoms with Crippen molar-refractivity contribution in [2.45, 2.75) is 0 Å². The van der Waals surface area contributed by atoms with E-state index in [0.717, 1.165) is 33.1 Å². The van der Waals surface area contributed by atoms with Crippen LogP contribution in [0.2, 0.25) is 0 Å². The molecule has 2 nitrogen and oxygen atoms in total. The van der Waals surface area contributed by atoms with E-state index in [1.807, 2.05) is 36.4 Å². The molecule has 0 unspecified atom stereocenters. The molecule has 0 fully saturated rings. The van der Waals surface area contributed by atoms with Crippen LogP contribution in [-0.2, 0) is 0 Å². The van der Waals surface area contributed by atoms with Gasteiger partial charge in [-0.3, -0.25) is 0 Å². The molecule has 2 N–H and O–H groups in total. The summed E-state index contributed by atoms with van der Waals surface area (Å²) >= 11 is 0. The van der Waals surface area contributed by atoms with E-state index in [0.29, 0.717) is 0 Å². The van der Waals surface area contributed by atoms with Gasteiger partial charge in [0.2, 0.25) is 0 Å². The summed E-state index contributed by atoms with van der Waals surface area (Å²) < 4.78 is 0. The fourth-order valence-corrected chi connectivity index (χ4v) is 2.84. The summed E-state index contributed by atoms with van der Waals surface area (Å²) in [4.78, 5) is 4.75. The highest BCUT2D eigenvalue weighted by Crippen LogP contribution is 2.27. The number of rotatable bonds is 2. The zero-order chi connectivity index (χ0) is 15.6. The third kappa shape index (κ3) is 2.55. The van der Waals surface area contributed by atoms with Gasteiger partial charge in [-0.2, -0.15) is 0 Å². The maximum absolute atomic E-state index is 5.75. The van der Waals surface area contributed by atoms with Crippen molar-refractivity contribution in [3.05, 3.63) is 83.9 Å². The van der Waals surface area contributed by atoms with Crippen molar-refractivity contribution in [3.8, 4) is 0 Å². The lowest BCUT2D eigenvalue weighted by molar-refractivity contribution is 1.49. The first-order chi connectivity index (χ1) is 11.3. The first-order valence-corrected chi connectivity index (χ1v) is 7.62. The average molecular weight is 296 g/mol. The Morgan fingerprint density at radius 1 is 0.652 bits per heavy atom. The third-order valence-electron chi connectivity index (χ3n) is 4.01. The molecule has 0 saturated carbocycles. The number of pyridine rings is 1. The number of hydrogen-bond acceptors (Lipinski definition) is 2. The van der Waals surface area contributed by atoms with Crippen molar-refractivity contribution in [2.24, 2.45) is 0 Å². The Morgan fingerprint density at radius 3 is 1.83 bits per heavy atom. The highest BCUT2D eigenvalue weighted by molar-refractivity contribution is 6.04. The summed E-state index contributed by atoms with van der Waals surface area (Å²) in [6, 6.07) is 24.4. The van der Waals surface area contributed by atoms with E-state index in [-0.39, 0.29) is 0 Å². The van der Waals surface area contributed by atoms with Crippen molar-refractivity contribution >= 4 is 39.6 Å². The minimum Gasteiger partial charge on any atom is -0.399 e. The van der Waals surface area contributed by atoms with Gasteiger partial charge in [0.15, 0.2) is 0 Å². The normalized spacial score (nSPS) is 11.5. The zero-order valence-corrected chi connectivity index (χ0v) is 12.6. The van der Waals surface area contributed by atoms with Crippen molar-refractivity contribution < 1.29 is 0 Å². The second kappa shape index (κ2) is 5.58. The fourth-order valence-electron chi connectivity index (χ4n) is 2.84. The molecule has 0 saturated heterocycles. The predicted octanol–water partition coefficient (Wildman–Crippen LogP) is 5.14. The summed E-state index contributed by atoms with van der Waals surface area (Å²) in [5.74, 6) is 0. The highest BCUT2D eigenvalue weighted by atomic mass is 14.7. The van der Waals surface area contributed by atoms with E-state index < -0.39 is 0 Å². The molecule has 0 aliphatic rings. The molecule has 4 aromatic rings. The lowest BCUT2D eigenvalue weighted by Crippen LogP contribution is -1.87.